The van der Waals surface area contributed by atoms with Crippen LogP contribution in [0.15, 0.2) is 67.3 Å². The quantitative estimate of drug-likeness (QED) is 0.796. The first-order valence-electron chi connectivity index (χ1n) is 7.56. The third kappa shape index (κ3) is 3.46. The van der Waals surface area contributed by atoms with Gasteiger partial charge in [0.15, 0.2) is 5.82 Å². The fourth-order valence-electron chi connectivity index (χ4n) is 2.43. The minimum absolute atomic E-state index is 0.00902. The lowest BCUT2D eigenvalue weighted by Gasteiger charge is -2.15. The van der Waals surface area contributed by atoms with E-state index in [1.54, 1.807) is 12.4 Å². The Balaban J connectivity index is 1.73. The van der Waals surface area contributed by atoms with Crippen LogP contribution < -0.4 is 5.32 Å². The van der Waals surface area contributed by atoms with Crippen LogP contribution in [0.5, 0.6) is 0 Å². The Hall–Kier alpha value is -3.08. The van der Waals surface area contributed by atoms with E-state index in [9.17, 15) is 9.18 Å². The number of rotatable bonds is 4. The van der Waals surface area contributed by atoms with Crippen molar-refractivity contribution in [1.82, 2.24) is 15.3 Å². The summed E-state index contributed by atoms with van der Waals surface area (Å²) in [6.07, 6.45) is 5.92. The third-order valence-corrected chi connectivity index (χ3v) is 3.79. The van der Waals surface area contributed by atoms with Gasteiger partial charge in [-0.15, -0.1) is 0 Å². The lowest BCUT2D eigenvalue weighted by atomic mass is 10.0. The summed E-state index contributed by atoms with van der Waals surface area (Å²) in [5.74, 6) is -1.09. The molecule has 0 radical (unpaired) electrons. The van der Waals surface area contributed by atoms with Crippen LogP contribution in [0.3, 0.4) is 0 Å². The van der Waals surface area contributed by atoms with Crippen LogP contribution in [-0.2, 0) is 0 Å². The molecule has 4 nitrogen and oxygen atoms in total. The summed E-state index contributed by atoms with van der Waals surface area (Å²) in [6, 6.07) is 12.9. The van der Waals surface area contributed by atoms with Gasteiger partial charge in [0, 0.05) is 18.6 Å². The monoisotopic (exact) mass is 321 g/mol. The molecule has 0 aliphatic rings. The molecule has 0 bridgehead atoms. The van der Waals surface area contributed by atoms with Gasteiger partial charge in [-0.2, -0.15) is 0 Å². The van der Waals surface area contributed by atoms with E-state index in [1.807, 2.05) is 43.3 Å². The third-order valence-electron chi connectivity index (χ3n) is 3.79. The molecule has 24 heavy (non-hydrogen) atoms. The number of pyridine rings is 2. The fourth-order valence-corrected chi connectivity index (χ4v) is 2.43. The van der Waals surface area contributed by atoms with Gasteiger partial charge in [0.05, 0.1) is 17.8 Å². The Morgan fingerprint density at radius 3 is 2.25 bits per heavy atom. The highest BCUT2D eigenvalue weighted by Gasteiger charge is 2.15. The molecule has 0 saturated heterocycles. The number of nitrogens with one attached hydrogen (secondary N) is 1. The average molecular weight is 321 g/mol. The number of hydrogen-bond donors (Lipinski definition) is 1. The van der Waals surface area contributed by atoms with Gasteiger partial charge in [-0.3, -0.25) is 14.8 Å². The molecular formula is C19H16FN3O. The minimum atomic E-state index is -0.629. The molecular weight excluding hydrogens is 305 g/mol. The number of carbonyl (C=O) groups excluding carboxylic acids is 1. The summed E-state index contributed by atoms with van der Waals surface area (Å²) in [6.45, 7) is 1.86. The summed E-state index contributed by atoms with van der Waals surface area (Å²) in [7, 11) is 0. The van der Waals surface area contributed by atoms with Gasteiger partial charge in [0.2, 0.25) is 0 Å². The highest BCUT2D eigenvalue weighted by molar-refractivity contribution is 5.94. The number of benzene rings is 1. The Kier molecular flexibility index (Phi) is 4.61. The molecule has 1 N–H and O–H groups in total. The average Bonchev–Trinajstić information content (AvgIpc) is 2.63. The van der Waals surface area contributed by atoms with Crippen molar-refractivity contribution < 1.29 is 9.18 Å². The molecule has 2 heterocycles. The Labute approximate surface area is 139 Å². The molecule has 5 heteroatoms. The number of halogens is 1. The van der Waals surface area contributed by atoms with Gasteiger partial charge < -0.3 is 5.32 Å². The topological polar surface area (TPSA) is 54.9 Å². The molecule has 120 valence electrons. The van der Waals surface area contributed by atoms with Gasteiger partial charge in [-0.25, -0.2) is 4.39 Å². The van der Waals surface area contributed by atoms with Crippen molar-refractivity contribution in [3.63, 3.8) is 0 Å². The van der Waals surface area contributed by atoms with E-state index in [0.717, 1.165) is 22.9 Å². The molecule has 1 amide bonds. The van der Waals surface area contributed by atoms with Crippen LogP contribution >= 0.6 is 0 Å². The van der Waals surface area contributed by atoms with Gasteiger partial charge >= 0.3 is 0 Å². The predicted octanol–water partition coefficient (Wildman–Crippen LogP) is 3.77. The van der Waals surface area contributed by atoms with Crippen LogP contribution in [-0.4, -0.2) is 15.9 Å². The van der Waals surface area contributed by atoms with E-state index >= 15 is 0 Å². The van der Waals surface area contributed by atoms with E-state index < -0.39 is 11.7 Å². The highest BCUT2D eigenvalue weighted by Crippen LogP contribution is 2.21. The van der Waals surface area contributed by atoms with Crippen LogP contribution in [0.1, 0.15) is 28.9 Å². The van der Waals surface area contributed by atoms with Crippen molar-refractivity contribution in [3.05, 3.63) is 84.2 Å². The number of aromatic nitrogens is 2. The van der Waals surface area contributed by atoms with Crippen molar-refractivity contribution in [2.24, 2.45) is 0 Å². The highest BCUT2D eigenvalue weighted by atomic mass is 19.1. The second kappa shape index (κ2) is 7.00. The zero-order chi connectivity index (χ0) is 16.9. The normalized spacial score (nSPS) is 11.8. The zero-order valence-corrected chi connectivity index (χ0v) is 13.1. The Bertz CT molecular complexity index is 835. The van der Waals surface area contributed by atoms with Crippen molar-refractivity contribution in [1.29, 1.82) is 0 Å². The van der Waals surface area contributed by atoms with Crippen molar-refractivity contribution in [3.8, 4) is 11.1 Å². The Morgan fingerprint density at radius 1 is 0.958 bits per heavy atom. The van der Waals surface area contributed by atoms with Gasteiger partial charge in [-0.1, -0.05) is 24.3 Å². The molecule has 3 rings (SSSR count). The van der Waals surface area contributed by atoms with Crippen molar-refractivity contribution in [2.45, 2.75) is 13.0 Å². The maximum absolute atomic E-state index is 13.6. The number of amides is 1. The maximum atomic E-state index is 13.6. The summed E-state index contributed by atoms with van der Waals surface area (Å²) >= 11 is 0. The second-order valence-electron chi connectivity index (χ2n) is 5.41. The maximum Gasteiger partial charge on any atom is 0.254 e. The van der Waals surface area contributed by atoms with Crippen LogP contribution in [0, 0.1) is 5.82 Å². The molecule has 3 aromatic rings. The number of hydrogen-bond acceptors (Lipinski definition) is 3. The first kappa shape index (κ1) is 15.8. The molecule has 1 atom stereocenters. The van der Waals surface area contributed by atoms with Gasteiger partial charge in [0.1, 0.15) is 0 Å². The molecule has 0 spiro atoms. The van der Waals surface area contributed by atoms with E-state index in [4.69, 9.17) is 0 Å². The molecule has 2 aromatic heterocycles. The van der Waals surface area contributed by atoms with Crippen LogP contribution in [0.4, 0.5) is 4.39 Å². The van der Waals surface area contributed by atoms with E-state index in [2.05, 4.69) is 15.3 Å². The molecule has 0 saturated carbocycles. The minimum Gasteiger partial charge on any atom is -0.345 e. The second-order valence-corrected chi connectivity index (χ2v) is 5.41. The summed E-state index contributed by atoms with van der Waals surface area (Å²) < 4.78 is 13.6. The van der Waals surface area contributed by atoms with E-state index in [0.29, 0.717) is 0 Å². The smallest absolute Gasteiger partial charge is 0.254 e. The van der Waals surface area contributed by atoms with Crippen molar-refractivity contribution >= 4 is 5.91 Å². The Morgan fingerprint density at radius 2 is 1.58 bits per heavy atom. The summed E-state index contributed by atoms with van der Waals surface area (Å²) in [5.41, 5.74) is 3.08. The summed E-state index contributed by atoms with van der Waals surface area (Å²) in [5, 5.41) is 2.80. The molecule has 0 aliphatic heterocycles. The molecule has 0 unspecified atom stereocenters. The largest absolute Gasteiger partial charge is 0.345 e. The van der Waals surface area contributed by atoms with Crippen molar-refractivity contribution in [2.75, 3.05) is 0 Å². The van der Waals surface area contributed by atoms with Crippen LogP contribution in [0.25, 0.3) is 11.1 Å². The first-order valence-corrected chi connectivity index (χ1v) is 7.56. The van der Waals surface area contributed by atoms with E-state index in [-0.39, 0.29) is 11.6 Å². The SMILES string of the molecule is C[C@@H](NC(=O)c1ccncc1F)c1ccc(-c2ccncc2)cc1. The molecule has 0 aliphatic carbocycles. The predicted molar refractivity (Wildman–Crippen MR) is 89.7 cm³/mol. The van der Waals surface area contributed by atoms with E-state index in [1.165, 1.54) is 12.3 Å². The summed E-state index contributed by atoms with van der Waals surface area (Å²) in [4.78, 5) is 19.8. The molecule has 1 aromatic carbocycles. The number of nitrogens with zero attached hydrogens (tertiary/aromatic N) is 2. The zero-order valence-electron chi connectivity index (χ0n) is 13.1. The lowest BCUT2D eigenvalue weighted by molar-refractivity contribution is 0.0935. The fraction of sp³-hybridized carbons (Fsp3) is 0.105. The lowest BCUT2D eigenvalue weighted by Crippen LogP contribution is -2.27. The first-order chi connectivity index (χ1) is 11.6. The van der Waals surface area contributed by atoms with Gasteiger partial charge in [0.25, 0.3) is 5.91 Å². The standard InChI is InChI=1S/C19H16FN3O/c1-13(23-19(24)17-8-11-22-12-18(17)20)14-2-4-15(5-3-14)16-6-9-21-10-7-16/h2-13H,1H3,(H,23,24)/t13-/m1/s1. The molecule has 0 fully saturated rings. The van der Waals surface area contributed by atoms with Gasteiger partial charge in [-0.05, 0) is 41.8 Å². The number of carbonyl (C=O) groups is 1. The van der Waals surface area contributed by atoms with Crippen LogP contribution in [0.2, 0.25) is 0 Å².